The second-order valence-corrected chi connectivity index (χ2v) is 5.13. The molecule has 1 aliphatic rings. The lowest BCUT2D eigenvalue weighted by atomic mass is 10.1. The molecule has 0 aliphatic carbocycles. The summed E-state index contributed by atoms with van der Waals surface area (Å²) in [6.45, 7) is 6.33. The summed E-state index contributed by atoms with van der Waals surface area (Å²) >= 11 is 0. The van der Waals surface area contributed by atoms with Gasteiger partial charge in [-0.3, -0.25) is 4.90 Å². The molecule has 0 radical (unpaired) electrons. The Morgan fingerprint density at radius 2 is 2.17 bits per heavy atom. The highest BCUT2D eigenvalue weighted by molar-refractivity contribution is 5.58. The van der Waals surface area contributed by atoms with Gasteiger partial charge in [0.2, 0.25) is 0 Å². The number of fused-ring (bicyclic) bond motifs is 1. The third kappa shape index (κ3) is 3.03. The summed E-state index contributed by atoms with van der Waals surface area (Å²) in [7, 11) is 2.15. The lowest BCUT2D eigenvalue weighted by Gasteiger charge is -2.21. The van der Waals surface area contributed by atoms with Crippen molar-refractivity contribution in [2.75, 3.05) is 38.2 Å². The largest absolute Gasteiger partial charge is 0.395 e. The van der Waals surface area contributed by atoms with Crippen molar-refractivity contribution in [1.29, 1.82) is 0 Å². The number of nitrogens with zero attached hydrogens (tertiary/aromatic N) is 2. The van der Waals surface area contributed by atoms with E-state index < -0.39 is 0 Å². The van der Waals surface area contributed by atoms with E-state index in [1.54, 1.807) is 0 Å². The molecule has 0 saturated carbocycles. The van der Waals surface area contributed by atoms with Gasteiger partial charge in [0.15, 0.2) is 0 Å². The minimum Gasteiger partial charge on any atom is -0.395 e. The summed E-state index contributed by atoms with van der Waals surface area (Å²) in [5, 5.41) is 9.08. The molecule has 0 aromatic heterocycles. The first-order chi connectivity index (χ1) is 8.74. The maximum Gasteiger partial charge on any atom is 0.0558 e. The minimum absolute atomic E-state index is 0.244. The molecule has 0 spiro atoms. The van der Waals surface area contributed by atoms with E-state index >= 15 is 0 Å². The Morgan fingerprint density at radius 1 is 1.33 bits per heavy atom. The molecule has 0 atom stereocenters. The fraction of sp³-hybridized carbons (Fsp3) is 0.600. The molecular weight excluding hydrogens is 224 g/mol. The molecule has 0 unspecified atom stereocenters. The smallest absolute Gasteiger partial charge is 0.0558 e. The van der Waals surface area contributed by atoms with Gasteiger partial charge in [0.05, 0.1) is 6.61 Å². The third-order valence-corrected chi connectivity index (χ3v) is 3.63. The van der Waals surface area contributed by atoms with Crippen LogP contribution in [0.1, 0.15) is 24.5 Å². The SMILES string of the molecule is CCCN(CCO)Cc1ccc2c(c1)CCN2C. The number of hydrogen-bond donors (Lipinski definition) is 1. The number of aliphatic hydroxyl groups is 1. The zero-order chi connectivity index (χ0) is 13.0. The van der Waals surface area contributed by atoms with E-state index in [4.69, 9.17) is 5.11 Å². The molecule has 1 aliphatic heterocycles. The molecule has 3 nitrogen and oxygen atoms in total. The van der Waals surface area contributed by atoms with Crippen LogP contribution in [0.5, 0.6) is 0 Å². The van der Waals surface area contributed by atoms with Crippen LogP contribution in [0, 0.1) is 0 Å². The molecule has 0 fully saturated rings. The highest BCUT2D eigenvalue weighted by Gasteiger charge is 2.16. The summed E-state index contributed by atoms with van der Waals surface area (Å²) in [5.41, 5.74) is 4.21. The summed E-state index contributed by atoms with van der Waals surface area (Å²) < 4.78 is 0. The maximum absolute atomic E-state index is 9.08. The van der Waals surface area contributed by atoms with Gasteiger partial charge >= 0.3 is 0 Å². The fourth-order valence-electron chi connectivity index (χ4n) is 2.70. The Hall–Kier alpha value is -1.06. The second kappa shape index (κ2) is 6.21. The van der Waals surface area contributed by atoms with E-state index in [-0.39, 0.29) is 6.61 Å². The molecule has 0 amide bonds. The first-order valence-electron chi connectivity index (χ1n) is 6.90. The first kappa shape index (κ1) is 13.4. The quantitative estimate of drug-likeness (QED) is 0.833. The van der Waals surface area contributed by atoms with Crippen LogP contribution in [-0.2, 0) is 13.0 Å². The molecule has 2 rings (SSSR count). The molecular formula is C15H24N2O. The zero-order valence-electron chi connectivity index (χ0n) is 11.5. The third-order valence-electron chi connectivity index (χ3n) is 3.63. The Labute approximate surface area is 110 Å². The predicted octanol–water partition coefficient (Wildman–Crippen LogP) is 1.88. The van der Waals surface area contributed by atoms with Crippen molar-refractivity contribution in [3.05, 3.63) is 29.3 Å². The van der Waals surface area contributed by atoms with Crippen LogP contribution in [0.3, 0.4) is 0 Å². The lowest BCUT2D eigenvalue weighted by molar-refractivity contribution is 0.190. The van der Waals surface area contributed by atoms with Gasteiger partial charge in [0.1, 0.15) is 0 Å². The van der Waals surface area contributed by atoms with E-state index in [1.807, 2.05) is 0 Å². The Balaban J connectivity index is 2.05. The number of rotatable bonds is 6. The number of anilines is 1. The lowest BCUT2D eigenvalue weighted by Crippen LogP contribution is -2.27. The summed E-state index contributed by atoms with van der Waals surface area (Å²) in [6, 6.07) is 6.79. The van der Waals surface area contributed by atoms with Crippen LogP contribution in [0.25, 0.3) is 0 Å². The fourth-order valence-corrected chi connectivity index (χ4v) is 2.70. The van der Waals surface area contributed by atoms with Crippen molar-refractivity contribution < 1.29 is 5.11 Å². The average Bonchev–Trinajstić information content (AvgIpc) is 2.71. The van der Waals surface area contributed by atoms with Gasteiger partial charge in [-0.25, -0.2) is 0 Å². The van der Waals surface area contributed by atoms with E-state index in [1.165, 1.54) is 16.8 Å². The number of benzene rings is 1. The van der Waals surface area contributed by atoms with Crippen molar-refractivity contribution in [2.45, 2.75) is 26.3 Å². The Kier molecular flexibility index (Phi) is 4.61. The van der Waals surface area contributed by atoms with Crippen LogP contribution in [0.15, 0.2) is 18.2 Å². The van der Waals surface area contributed by atoms with Crippen LogP contribution >= 0.6 is 0 Å². The Morgan fingerprint density at radius 3 is 2.89 bits per heavy atom. The highest BCUT2D eigenvalue weighted by atomic mass is 16.3. The minimum atomic E-state index is 0.244. The maximum atomic E-state index is 9.08. The summed E-state index contributed by atoms with van der Waals surface area (Å²) in [4.78, 5) is 4.64. The van der Waals surface area contributed by atoms with Crippen LogP contribution < -0.4 is 4.90 Å². The molecule has 18 heavy (non-hydrogen) atoms. The standard InChI is InChI=1S/C15H24N2O/c1-3-7-17(9-10-18)12-13-4-5-15-14(11-13)6-8-16(15)2/h4-5,11,18H,3,6-10,12H2,1-2H3. The normalized spacial score (nSPS) is 14.3. The van der Waals surface area contributed by atoms with Crippen LogP contribution in [-0.4, -0.2) is 43.3 Å². The van der Waals surface area contributed by atoms with Gasteiger partial charge in [-0.1, -0.05) is 19.1 Å². The van der Waals surface area contributed by atoms with Crippen LogP contribution in [0.4, 0.5) is 5.69 Å². The van der Waals surface area contributed by atoms with E-state index in [9.17, 15) is 0 Å². The molecule has 100 valence electrons. The zero-order valence-corrected chi connectivity index (χ0v) is 11.5. The topological polar surface area (TPSA) is 26.7 Å². The molecule has 0 saturated heterocycles. The molecule has 3 heteroatoms. The van der Waals surface area contributed by atoms with Crippen LogP contribution in [0.2, 0.25) is 0 Å². The van der Waals surface area contributed by atoms with Gasteiger partial charge in [0.25, 0.3) is 0 Å². The number of hydrogen-bond acceptors (Lipinski definition) is 3. The number of aliphatic hydroxyl groups excluding tert-OH is 1. The highest BCUT2D eigenvalue weighted by Crippen LogP contribution is 2.27. The van der Waals surface area contributed by atoms with Crippen molar-refractivity contribution in [2.24, 2.45) is 0 Å². The van der Waals surface area contributed by atoms with E-state index in [2.05, 4.69) is 42.0 Å². The average molecular weight is 248 g/mol. The van der Waals surface area contributed by atoms with Crippen molar-refractivity contribution in [1.82, 2.24) is 4.90 Å². The molecule has 1 heterocycles. The Bertz CT molecular complexity index is 386. The molecule has 1 aromatic carbocycles. The van der Waals surface area contributed by atoms with E-state index in [0.717, 1.165) is 39.0 Å². The van der Waals surface area contributed by atoms with E-state index in [0.29, 0.717) is 0 Å². The monoisotopic (exact) mass is 248 g/mol. The number of likely N-dealkylation sites (N-methyl/N-ethyl adjacent to an activating group) is 1. The predicted molar refractivity (Wildman–Crippen MR) is 76.1 cm³/mol. The van der Waals surface area contributed by atoms with Crippen molar-refractivity contribution in [3.8, 4) is 0 Å². The summed E-state index contributed by atoms with van der Waals surface area (Å²) in [6.07, 6.45) is 2.29. The molecule has 1 aromatic rings. The van der Waals surface area contributed by atoms with Crippen molar-refractivity contribution in [3.63, 3.8) is 0 Å². The van der Waals surface area contributed by atoms with Gasteiger partial charge in [-0.2, -0.15) is 0 Å². The molecule has 0 bridgehead atoms. The summed E-state index contributed by atoms with van der Waals surface area (Å²) in [5.74, 6) is 0. The molecule has 1 N–H and O–H groups in total. The van der Waals surface area contributed by atoms with Gasteiger partial charge < -0.3 is 10.0 Å². The van der Waals surface area contributed by atoms with Crippen molar-refractivity contribution >= 4 is 5.69 Å². The first-order valence-corrected chi connectivity index (χ1v) is 6.90. The second-order valence-electron chi connectivity index (χ2n) is 5.13. The van der Waals surface area contributed by atoms with Gasteiger partial charge in [-0.15, -0.1) is 0 Å². The van der Waals surface area contributed by atoms with Gasteiger partial charge in [-0.05, 0) is 36.6 Å². The van der Waals surface area contributed by atoms with Gasteiger partial charge in [0, 0.05) is 32.4 Å².